The molecule has 0 aliphatic carbocycles. The van der Waals surface area contributed by atoms with E-state index in [9.17, 15) is 0 Å². The van der Waals surface area contributed by atoms with Crippen LogP contribution in [0.15, 0.2) is 12.3 Å². The third-order valence-corrected chi connectivity index (χ3v) is 0.749. The minimum Gasteiger partial charge on any atom is -0.405 e. The van der Waals surface area contributed by atoms with Crippen LogP contribution in [-0.4, -0.2) is 12.2 Å². The van der Waals surface area contributed by atoms with Gasteiger partial charge in [0.15, 0.2) is 0 Å². The van der Waals surface area contributed by atoms with Crippen LogP contribution in [0.25, 0.3) is 0 Å². The number of hydrogen-bond donors (Lipinski definition) is 1. The second-order valence-electron chi connectivity index (χ2n) is 2.85. The van der Waals surface area contributed by atoms with Crippen molar-refractivity contribution in [3.8, 4) is 0 Å². The smallest absolute Gasteiger partial charge is 0.0671 e. The van der Waals surface area contributed by atoms with Gasteiger partial charge in [-0.3, -0.25) is 0 Å². The first-order chi connectivity index (χ1) is 4.06. The zero-order valence-electron chi connectivity index (χ0n) is 6.35. The summed E-state index contributed by atoms with van der Waals surface area (Å²) in [6.45, 7) is 6.63. The summed E-state index contributed by atoms with van der Waals surface area (Å²) in [6, 6.07) is 0. The van der Waals surface area contributed by atoms with Crippen LogP contribution in [0, 0.1) is 0 Å². The zero-order chi connectivity index (χ0) is 7.33. The Hall–Kier alpha value is -0.500. The van der Waals surface area contributed by atoms with Crippen molar-refractivity contribution in [3.63, 3.8) is 0 Å². The van der Waals surface area contributed by atoms with E-state index in [4.69, 9.17) is 10.5 Å². The minimum absolute atomic E-state index is 0.0560. The Morgan fingerprint density at radius 1 is 1.44 bits per heavy atom. The van der Waals surface area contributed by atoms with Crippen LogP contribution in [0.2, 0.25) is 0 Å². The van der Waals surface area contributed by atoms with Crippen LogP contribution in [0.3, 0.4) is 0 Å². The molecule has 2 heteroatoms. The number of hydrogen-bond acceptors (Lipinski definition) is 2. The summed E-state index contributed by atoms with van der Waals surface area (Å²) in [6.07, 6.45) is 3.27. The van der Waals surface area contributed by atoms with Crippen molar-refractivity contribution in [3.05, 3.63) is 12.3 Å². The molecule has 2 N–H and O–H groups in total. The lowest BCUT2D eigenvalue weighted by atomic mass is 10.2. The number of nitrogens with two attached hydrogens (primary N) is 1. The van der Waals surface area contributed by atoms with Crippen LogP contribution in [0.1, 0.15) is 20.8 Å². The molecule has 54 valence electrons. The molecular formula is C7H15NO. The lowest BCUT2D eigenvalue weighted by Crippen LogP contribution is -2.18. The molecule has 0 spiro atoms. The number of rotatable bonds is 2. The summed E-state index contributed by atoms with van der Waals surface area (Å²) < 4.78 is 5.30. The fourth-order valence-corrected chi connectivity index (χ4v) is 0.354. The van der Waals surface area contributed by atoms with E-state index in [0.717, 1.165) is 0 Å². The highest BCUT2D eigenvalue weighted by Crippen LogP contribution is 2.05. The molecule has 0 aliphatic rings. The predicted octanol–water partition coefficient (Wildman–Crippen LogP) is 1.27. The molecule has 0 aliphatic heterocycles. The minimum atomic E-state index is -0.0560. The van der Waals surface area contributed by atoms with E-state index in [1.807, 2.05) is 20.8 Å². The molecule has 0 amide bonds. The first-order valence-corrected chi connectivity index (χ1v) is 3.07. The van der Waals surface area contributed by atoms with Crippen LogP contribution in [0.5, 0.6) is 0 Å². The van der Waals surface area contributed by atoms with E-state index < -0.39 is 0 Å². The van der Waals surface area contributed by atoms with Crippen LogP contribution >= 0.6 is 0 Å². The topological polar surface area (TPSA) is 35.2 Å². The fourth-order valence-electron chi connectivity index (χ4n) is 0.354. The Labute approximate surface area is 56.7 Å². The first kappa shape index (κ1) is 8.50. The molecule has 0 saturated heterocycles. The first-order valence-electron chi connectivity index (χ1n) is 3.07. The molecule has 0 atom stereocenters. The van der Waals surface area contributed by atoms with Crippen LogP contribution in [0.4, 0.5) is 0 Å². The van der Waals surface area contributed by atoms with E-state index in [-0.39, 0.29) is 5.60 Å². The van der Waals surface area contributed by atoms with Gasteiger partial charge in [0.05, 0.1) is 12.2 Å². The number of ether oxygens (including phenoxy) is 1. The van der Waals surface area contributed by atoms with Gasteiger partial charge in [-0.25, -0.2) is 0 Å². The molecule has 2 nitrogen and oxygen atoms in total. The molecule has 0 unspecified atom stereocenters. The molecule has 0 fully saturated rings. The second kappa shape index (κ2) is 3.51. The van der Waals surface area contributed by atoms with E-state index in [1.165, 1.54) is 6.20 Å². The largest absolute Gasteiger partial charge is 0.405 e. The molecule has 0 rings (SSSR count). The van der Waals surface area contributed by atoms with Gasteiger partial charge in [-0.05, 0) is 33.0 Å². The highest BCUT2D eigenvalue weighted by Gasteiger charge is 2.07. The van der Waals surface area contributed by atoms with Gasteiger partial charge < -0.3 is 10.5 Å². The Kier molecular flexibility index (Phi) is 3.32. The van der Waals surface area contributed by atoms with Crippen molar-refractivity contribution in [2.75, 3.05) is 6.61 Å². The molecule has 0 aromatic rings. The average Bonchev–Trinajstić information content (AvgIpc) is 1.63. The molecular weight excluding hydrogens is 114 g/mol. The van der Waals surface area contributed by atoms with Gasteiger partial charge in [0.1, 0.15) is 0 Å². The molecule has 0 aromatic carbocycles. The highest BCUT2D eigenvalue weighted by molar-refractivity contribution is 4.76. The average molecular weight is 129 g/mol. The molecule has 0 aromatic heterocycles. The molecule has 0 heterocycles. The molecule has 0 radical (unpaired) electrons. The van der Waals surface area contributed by atoms with Gasteiger partial charge >= 0.3 is 0 Å². The monoisotopic (exact) mass is 129 g/mol. The van der Waals surface area contributed by atoms with E-state index in [0.29, 0.717) is 6.61 Å². The standard InChI is InChI=1S/C7H15NO/c1-7(2,3)9-6-4-5-8/h4-5H,6,8H2,1-3H3. The van der Waals surface area contributed by atoms with Crippen molar-refractivity contribution in [2.45, 2.75) is 26.4 Å². The highest BCUT2D eigenvalue weighted by atomic mass is 16.5. The third kappa shape index (κ3) is 7.50. The molecule has 9 heavy (non-hydrogen) atoms. The lowest BCUT2D eigenvalue weighted by molar-refractivity contribution is 0.0149. The van der Waals surface area contributed by atoms with Gasteiger partial charge in [0.25, 0.3) is 0 Å². The predicted molar refractivity (Wildman–Crippen MR) is 39.0 cm³/mol. The Balaban J connectivity index is 3.28. The van der Waals surface area contributed by atoms with Crippen molar-refractivity contribution in [2.24, 2.45) is 5.73 Å². The maximum Gasteiger partial charge on any atom is 0.0671 e. The van der Waals surface area contributed by atoms with E-state index in [1.54, 1.807) is 6.08 Å². The van der Waals surface area contributed by atoms with Crippen LogP contribution in [-0.2, 0) is 4.74 Å². The van der Waals surface area contributed by atoms with Gasteiger partial charge in [-0.15, -0.1) is 0 Å². The van der Waals surface area contributed by atoms with Gasteiger partial charge in [-0.1, -0.05) is 0 Å². The Morgan fingerprint density at radius 2 is 2.00 bits per heavy atom. The van der Waals surface area contributed by atoms with Gasteiger partial charge in [0, 0.05) is 0 Å². The van der Waals surface area contributed by atoms with E-state index >= 15 is 0 Å². The second-order valence-corrected chi connectivity index (χ2v) is 2.85. The van der Waals surface area contributed by atoms with Crippen molar-refractivity contribution in [1.82, 2.24) is 0 Å². The summed E-state index contributed by atoms with van der Waals surface area (Å²) in [7, 11) is 0. The van der Waals surface area contributed by atoms with Crippen molar-refractivity contribution < 1.29 is 4.74 Å². The van der Waals surface area contributed by atoms with Crippen molar-refractivity contribution >= 4 is 0 Å². The quantitative estimate of drug-likeness (QED) is 0.609. The summed E-state index contributed by atoms with van der Waals surface area (Å²) >= 11 is 0. The zero-order valence-corrected chi connectivity index (χ0v) is 6.35. The van der Waals surface area contributed by atoms with Crippen molar-refractivity contribution in [1.29, 1.82) is 0 Å². The lowest BCUT2D eigenvalue weighted by Gasteiger charge is -2.17. The maximum absolute atomic E-state index is 5.30. The Morgan fingerprint density at radius 3 is 2.33 bits per heavy atom. The van der Waals surface area contributed by atoms with Crippen LogP contribution < -0.4 is 5.73 Å². The Bertz CT molecular complexity index is 91.6. The summed E-state index contributed by atoms with van der Waals surface area (Å²) in [5.74, 6) is 0. The normalized spacial score (nSPS) is 12.8. The third-order valence-electron chi connectivity index (χ3n) is 0.749. The van der Waals surface area contributed by atoms with Gasteiger partial charge in [0.2, 0.25) is 0 Å². The SMILES string of the molecule is CC(C)(C)OCC=CN. The summed E-state index contributed by atoms with van der Waals surface area (Å²) in [5, 5.41) is 0. The fraction of sp³-hybridized carbons (Fsp3) is 0.714. The van der Waals surface area contributed by atoms with E-state index in [2.05, 4.69) is 0 Å². The summed E-state index contributed by atoms with van der Waals surface area (Å²) in [5.41, 5.74) is 5.04. The summed E-state index contributed by atoms with van der Waals surface area (Å²) in [4.78, 5) is 0. The molecule has 0 bridgehead atoms. The maximum atomic E-state index is 5.30. The van der Waals surface area contributed by atoms with Gasteiger partial charge in [-0.2, -0.15) is 0 Å². The molecule has 0 saturated carbocycles.